The summed E-state index contributed by atoms with van der Waals surface area (Å²) in [5.74, 6) is -0.152. The molecule has 0 amide bonds. The van der Waals surface area contributed by atoms with Crippen molar-refractivity contribution in [2.45, 2.75) is 37.0 Å². The summed E-state index contributed by atoms with van der Waals surface area (Å²) in [6, 6.07) is 8.75. The van der Waals surface area contributed by atoms with E-state index in [4.69, 9.17) is 9.47 Å². The van der Waals surface area contributed by atoms with Crippen LogP contribution in [0.3, 0.4) is 0 Å². The molecule has 1 aliphatic heterocycles. The third kappa shape index (κ3) is 4.08. The van der Waals surface area contributed by atoms with Crippen molar-refractivity contribution in [3.8, 4) is 0 Å². The number of ether oxygens (including phenoxy) is 2. The third-order valence-electron chi connectivity index (χ3n) is 5.23. The minimum absolute atomic E-state index is 0.307. The first kappa shape index (κ1) is 21.1. The lowest BCUT2D eigenvalue weighted by molar-refractivity contribution is -0.141. The summed E-state index contributed by atoms with van der Waals surface area (Å²) in [7, 11) is 1.31. The van der Waals surface area contributed by atoms with E-state index in [9.17, 15) is 20.1 Å². The first-order valence-corrected chi connectivity index (χ1v) is 9.71. The number of benzene rings is 1. The average molecular weight is 429 g/mol. The lowest BCUT2D eigenvalue weighted by Crippen LogP contribution is -2.33. The van der Waals surface area contributed by atoms with E-state index in [1.165, 1.54) is 24.3 Å². The predicted molar refractivity (Wildman–Crippen MR) is 108 cm³/mol. The average Bonchev–Trinajstić information content (AvgIpc) is 3.35. The number of aliphatic hydroxyl groups is 3. The number of aliphatic hydroxyl groups excluding tert-OH is 3. The molecule has 1 aromatic carbocycles. The Morgan fingerprint density at radius 3 is 2.68 bits per heavy atom. The van der Waals surface area contributed by atoms with Gasteiger partial charge in [0.2, 0.25) is 0 Å². The Bertz CT molecular complexity index is 1040. The van der Waals surface area contributed by atoms with Crippen molar-refractivity contribution >= 4 is 23.0 Å². The van der Waals surface area contributed by atoms with Gasteiger partial charge < -0.3 is 30.1 Å². The van der Waals surface area contributed by atoms with Crippen LogP contribution < -0.4 is 5.32 Å². The summed E-state index contributed by atoms with van der Waals surface area (Å²) in [5.41, 5.74) is 1.62. The fraction of sp³-hybridized carbons (Fsp3) is 0.400. The summed E-state index contributed by atoms with van der Waals surface area (Å²) in [4.78, 5) is 25.1. The zero-order chi connectivity index (χ0) is 22.0. The van der Waals surface area contributed by atoms with Gasteiger partial charge in [-0.3, -0.25) is 4.57 Å². The quantitative estimate of drug-likeness (QED) is 0.366. The molecule has 1 fully saturated rings. The van der Waals surface area contributed by atoms with Crippen LogP contribution in [0, 0.1) is 0 Å². The van der Waals surface area contributed by atoms with E-state index >= 15 is 0 Å². The molecule has 2 aromatic heterocycles. The molecule has 0 bridgehead atoms. The number of fused-ring (bicyclic) bond motifs is 1. The van der Waals surface area contributed by atoms with Gasteiger partial charge in [0.1, 0.15) is 30.7 Å². The van der Waals surface area contributed by atoms with Crippen LogP contribution >= 0.6 is 0 Å². The van der Waals surface area contributed by atoms with Gasteiger partial charge in [0.25, 0.3) is 0 Å². The van der Waals surface area contributed by atoms with Crippen LogP contribution in [0.15, 0.2) is 43.0 Å². The molecule has 11 nitrogen and oxygen atoms in total. The number of carbonyl (C=O) groups is 1. The first-order chi connectivity index (χ1) is 15.0. The summed E-state index contributed by atoms with van der Waals surface area (Å²) >= 11 is 0. The maximum Gasteiger partial charge on any atom is 0.328 e. The minimum atomic E-state index is -1.28. The fourth-order valence-electron chi connectivity index (χ4n) is 3.60. The van der Waals surface area contributed by atoms with Crippen LogP contribution in [-0.4, -0.2) is 78.9 Å². The number of hydrogen-bond donors (Lipinski definition) is 4. The van der Waals surface area contributed by atoms with Crippen molar-refractivity contribution in [2.75, 3.05) is 19.0 Å². The van der Waals surface area contributed by atoms with Gasteiger partial charge in [0.15, 0.2) is 23.2 Å². The van der Waals surface area contributed by atoms with E-state index in [-0.39, 0.29) is 0 Å². The number of nitrogens with zero attached hydrogens (tertiary/aromatic N) is 4. The van der Waals surface area contributed by atoms with E-state index in [1.54, 1.807) is 0 Å². The standard InChI is InChI=1S/C20H23N5O6/c1-30-20(29)12(7-11-5-3-2-4-6-11)24-17-14-18(22-9-21-17)25(10-23-14)19-16(28)15(27)13(8-26)31-19/h2-6,9-10,12-13,15-16,19,26-28H,7-8H2,1H3,(H,21,22,24)/t12-,13?,15?,16?,19?/m1/s1. The van der Waals surface area contributed by atoms with Crippen LogP contribution in [0.25, 0.3) is 11.2 Å². The van der Waals surface area contributed by atoms with Crippen molar-refractivity contribution in [1.29, 1.82) is 0 Å². The number of carbonyl (C=O) groups excluding carboxylic acids is 1. The molecule has 4 unspecified atom stereocenters. The summed E-state index contributed by atoms with van der Waals surface area (Å²) < 4.78 is 11.9. The topological polar surface area (TPSA) is 152 Å². The molecule has 0 spiro atoms. The van der Waals surface area contributed by atoms with Crippen LogP contribution in [0.5, 0.6) is 0 Å². The molecular formula is C20H23N5O6. The molecule has 1 saturated heterocycles. The number of hydrogen-bond acceptors (Lipinski definition) is 10. The number of anilines is 1. The van der Waals surface area contributed by atoms with Gasteiger partial charge >= 0.3 is 5.97 Å². The van der Waals surface area contributed by atoms with Gasteiger partial charge in [-0.2, -0.15) is 0 Å². The molecular weight excluding hydrogens is 406 g/mol. The fourth-order valence-corrected chi connectivity index (χ4v) is 3.60. The second-order valence-corrected chi connectivity index (χ2v) is 7.18. The molecule has 3 aromatic rings. The van der Waals surface area contributed by atoms with Crippen molar-refractivity contribution in [3.63, 3.8) is 0 Å². The van der Waals surface area contributed by atoms with Gasteiger partial charge in [-0.25, -0.2) is 19.7 Å². The monoisotopic (exact) mass is 429 g/mol. The Morgan fingerprint density at radius 2 is 2.00 bits per heavy atom. The number of esters is 1. The van der Waals surface area contributed by atoms with Crippen molar-refractivity contribution in [1.82, 2.24) is 19.5 Å². The van der Waals surface area contributed by atoms with Gasteiger partial charge in [0, 0.05) is 6.42 Å². The Kier molecular flexibility index (Phi) is 6.09. The molecule has 0 aliphatic carbocycles. The zero-order valence-corrected chi connectivity index (χ0v) is 16.7. The molecule has 0 radical (unpaired) electrons. The summed E-state index contributed by atoms with van der Waals surface area (Å²) in [6.07, 6.45) is -1.37. The van der Waals surface area contributed by atoms with Crippen LogP contribution in [0.4, 0.5) is 5.82 Å². The van der Waals surface area contributed by atoms with Gasteiger partial charge in [0.05, 0.1) is 20.0 Å². The smallest absolute Gasteiger partial charge is 0.328 e. The van der Waals surface area contributed by atoms with E-state index in [2.05, 4.69) is 20.3 Å². The Hall–Kier alpha value is -3.12. The van der Waals surface area contributed by atoms with Crippen molar-refractivity contribution in [3.05, 3.63) is 48.5 Å². The highest BCUT2D eigenvalue weighted by molar-refractivity contribution is 5.86. The SMILES string of the molecule is COC(=O)[C@@H](Cc1ccccc1)Nc1ncnc2c1ncn2C1OC(CO)C(O)C1O. The number of aromatic nitrogens is 4. The van der Waals surface area contributed by atoms with Crippen molar-refractivity contribution < 1.29 is 29.6 Å². The second kappa shape index (κ2) is 8.94. The van der Waals surface area contributed by atoms with E-state index in [1.807, 2.05) is 30.3 Å². The Labute approximate surface area is 177 Å². The highest BCUT2D eigenvalue weighted by atomic mass is 16.6. The molecule has 11 heteroatoms. The number of methoxy groups -OCH3 is 1. The van der Waals surface area contributed by atoms with E-state index in [0.29, 0.717) is 23.4 Å². The van der Waals surface area contributed by atoms with Crippen molar-refractivity contribution in [2.24, 2.45) is 0 Å². The van der Waals surface area contributed by atoms with Crippen LogP contribution in [0.2, 0.25) is 0 Å². The molecule has 1 aliphatic rings. The van der Waals surface area contributed by atoms with Gasteiger partial charge in [-0.05, 0) is 5.56 Å². The lowest BCUT2D eigenvalue weighted by Gasteiger charge is -2.18. The maximum absolute atomic E-state index is 12.4. The number of nitrogens with one attached hydrogen (secondary N) is 1. The third-order valence-corrected chi connectivity index (χ3v) is 5.23. The molecule has 3 heterocycles. The molecule has 5 atom stereocenters. The second-order valence-electron chi connectivity index (χ2n) is 7.18. The predicted octanol–water partition coefficient (Wildman–Crippen LogP) is -0.366. The van der Waals surface area contributed by atoms with Crippen LogP contribution in [-0.2, 0) is 20.7 Å². The largest absolute Gasteiger partial charge is 0.467 e. The Balaban J connectivity index is 1.63. The number of imidazole rings is 1. The number of rotatable bonds is 7. The van der Waals surface area contributed by atoms with E-state index in [0.717, 1.165) is 5.56 Å². The Morgan fingerprint density at radius 1 is 1.23 bits per heavy atom. The molecule has 31 heavy (non-hydrogen) atoms. The van der Waals surface area contributed by atoms with Gasteiger partial charge in [-0.1, -0.05) is 30.3 Å². The zero-order valence-electron chi connectivity index (χ0n) is 16.7. The minimum Gasteiger partial charge on any atom is -0.467 e. The summed E-state index contributed by atoms with van der Waals surface area (Å²) in [6.45, 7) is -0.441. The molecule has 4 N–H and O–H groups in total. The first-order valence-electron chi connectivity index (χ1n) is 9.71. The maximum atomic E-state index is 12.4. The van der Waals surface area contributed by atoms with E-state index < -0.39 is 43.2 Å². The molecule has 0 saturated carbocycles. The molecule has 4 rings (SSSR count). The van der Waals surface area contributed by atoms with Crippen LogP contribution in [0.1, 0.15) is 11.8 Å². The molecule has 164 valence electrons. The lowest BCUT2D eigenvalue weighted by atomic mass is 10.1. The highest BCUT2D eigenvalue weighted by Gasteiger charge is 2.44. The van der Waals surface area contributed by atoms with Gasteiger partial charge in [-0.15, -0.1) is 0 Å². The highest BCUT2D eigenvalue weighted by Crippen LogP contribution is 2.32. The normalized spacial score (nSPS) is 24.3. The summed E-state index contributed by atoms with van der Waals surface area (Å²) in [5, 5.41) is 32.7.